The molecule has 1 aliphatic rings. The van der Waals surface area contributed by atoms with Gasteiger partial charge in [-0.05, 0) is 50.2 Å². The maximum atomic E-state index is 13.6. The second-order valence-electron chi connectivity index (χ2n) is 5.39. The quantitative estimate of drug-likeness (QED) is 0.598. The highest BCUT2D eigenvalue weighted by atomic mass is 19.2. The van der Waals surface area contributed by atoms with Gasteiger partial charge in [-0.2, -0.15) is 4.39 Å². The van der Waals surface area contributed by atoms with Gasteiger partial charge in [-0.1, -0.05) is 13.0 Å². The van der Waals surface area contributed by atoms with E-state index in [-0.39, 0.29) is 17.2 Å². The lowest BCUT2D eigenvalue weighted by Crippen LogP contribution is -2.25. The number of halogens is 2. The summed E-state index contributed by atoms with van der Waals surface area (Å²) in [5.41, 5.74) is 0.198. The van der Waals surface area contributed by atoms with Crippen LogP contribution in [0, 0.1) is 30.4 Å². The number of hydrogen-bond donors (Lipinski definition) is 0. The van der Waals surface area contributed by atoms with E-state index in [1.54, 1.807) is 0 Å². The summed E-state index contributed by atoms with van der Waals surface area (Å²) in [6.45, 7) is 3.61. The molecule has 0 spiro atoms. The van der Waals surface area contributed by atoms with E-state index < -0.39 is 17.6 Å². The van der Waals surface area contributed by atoms with Crippen LogP contribution in [0.5, 0.6) is 5.75 Å². The first-order valence-electron chi connectivity index (χ1n) is 6.65. The highest BCUT2D eigenvalue weighted by molar-refractivity contribution is 5.75. The maximum Gasteiger partial charge on any atom is 0.314 e. The SMILES string of the molecule is Cc1ccc(OC(=O)C2CCC(C)CC2)c(F)c1F. The Balaban J connectivity index is 2.05. The normalized spacial score (nSPS) is 23.2. The van der Waals surface area contributed by atoms with Crippen LogP contribution in [-0.4, -0.2) is 5.97 Å². The largest absolute Gasteiger partial charge is 0.423 e. The lowest BCUT2D eigenvalue weighted by molar-refractivity contribution is -0.140. The van der Waals surface area contributed by atoms with Crippen LogP contribution >= 0.6 is 0 Å². The lowest BCUT2D eigenvalue weighted by atomic mass is 9.83. The highest BCUT2D eigenvalue weighted by Crippen LogP contribution is 2.30. The molecule has 0 N–H and O–H groups in total. The van der Waals surface area contributed by atoms with Gasteiger partial charge < -0.3 is 4.74 Å². The molecule has 19 heavy (non-hydrogen) atoms. The predicted molar refractivity (Wildman–Crippen MR) is 67.9 cm³/mol. The third kappa shape index (κ3) is 3.11. The molecule has 2 nitrogen and oxygen atoms in total. The molecule has 0 amide bonds. The molecule has 2 rings (SSSR count). The number of esters is 1. The summed E-state index contributed by atoms with van der Waals surface area (Å²) in [5.74, 6) is -2.38. The van der Waals surface area contributed by atoms with Crippen molar-refractivity contribution in [1.82, 2.24) is 0 Å². The van der Waals surface area contributed by atoms with Gasteiger partial charge in [0.05, 0.1) is 5.92 Å². The Morgan fingerprint density at radius 2 is 1.79 bits per heavy atom. The Labute approximate surface area is 111 Å². The third-order valence-corrected chi connectivity index (χ3v) is 3.80. The first-order valence-corrected chi connectivity index (χ1v) is 6.65. The summed E-state index contributed by atoms with van der Waals surface area (Å²) in [7, 11) is 0. The minimum absolute atomic E-state index is 0.194. The van der Waals surface area contributed by atoms with Crippen molar-refractivity contribution in [2.45, 2.75) is 39.5 Å². The van der Waals surface area contributed by atoms with Gasteiger partial charge in [0, 0.05) is 0 Å². The molecule has 0 heterocycles. The van der Waals surface area contributed by atoms with Crippen molar-refractivity contribution in [1.29, 1.82) is 0 Å². The van der Waals surface area contributed by atoms with Crippen molar-refractivity contribution in [3.8, 4) is 5.75 Å². The van der Waals surface area contributed by atoms with Crippen molar-refractivity contribution < 1.29 is 18.3 Å². The van der Waals surface area contributed by atoms with Crippen molar-refractivity contribution in [2.75, 3.05) is 0 Å². The maximum absolute atomic E-state index is 13.6. The molecule has 0 radical (unpaired) electrons. The van der Waals surface area contributed by atoms with Crippen LogP contribution in [-0.2, 0) is 4.79 Å². The Morgan fingerprint density at radius 3 is 2.42 bits per heavy atom. The van der Waals surface area contributed by atoms with Gasteiger partial charge in [-0.3, -0.25) is 4.79 Å². The molecule has 0 atom stereocenters. The van der Waals surface area contributed by atoms with E-state index in [1.807, 2.05) is 0 Å². The van der Waals surface area contributed by atoms with E-state index in [0.717, 1.165) is 25.7 Å². The molecule has 1 aliphatic carbocycles. The Bertz CT molecular complexity index is 477. The van der Waals surface area contributed by atoms with Crippen LogP contribution in [0.25, 0.3) is 0 Å². The molecule has 0 unspecified atom stereocenters. The monoisotopic (exact) mass is 268 g/mol. The zero-order valence-corrected chi connectivity index (χ0v) is 11.2. The van der Waals surface area contributed by atoms with E-state index >= 15 is 0 Å². The molecular formula is C15H18F2O2. The van der Waals surface area contributed by atoms with Crippen LogP contribution < -0.4 is 4.74 Å². The van der Waals surface area contributed by atoms with Gasteiger partial charge in [-0.25, -0.2) is 4.39 Å². The van der Waals surface area contributed by atoms with Gasteiger partial charge in [-0.15, -0.1) is 0 Å². The van der Waals surface area contributed by atoms with Crippen molar-refractivity contribution in [2.24, 2.45) is 11.8 Å². The fourth-order valence-corrected chi connectivity index (χ4v) is 2.39. The third-order valence-electron chi connectivity index (χ3n) is 3.80. The lowest BCUT2D eigenvalue weighted by Gasteiger charge is -2.24. The summed E-state index contributed by atoms with van der Waals surface area (Å²) in [4.78, 5) is 11.9. The average Bonchev–Trinajstić information content (AvgIpc) is 2.40. The minimum Gasteiger partial charge on any atom is -0.423 e. The van der Waals surface area contributed by atoms with E-state index in [9.17, 15) is 13.6 Å². The van der Waals surface area contributed by atoms with E-state index in [2.05, 4.69) is 6.92 Å². The predicted octanol–water partition coefficient (Wildman–Crippen LogP) is 4.00. The van der Waals surface area contributed by atoms with E-state index in [0.29, 0.717) is 5.92 Å². The second-order valence-corrected chi connectivity index (χ2v) is 5.39. The second kappa shape index (κ2) is 5.68. The molecule has 0 saturated heterocycles. The number of hydrogen-bond acceptors (Lipinski definition) is 2. The van der Waals surface area contributed by atoms with Crippen LogP contribution in [0.1, 0.15) is 38.2 Å². The number of aryl methyl sites for hydroxylation is 1. The number of carbonyl (C=O) groups excluding carboxylic acids is 1. The Kier molecular flexibility index (Phi) is 4.17. The van der Waals surface area contributed by atoms with Gasteiger partial charge in [0.1, 0.15) is 0 Å². The summed E-state index contributed by atoms with van der Waals surface area (Å²) in [6.07, 6.45) is 3.47. The molecular weight excluding hydrogens is 250 g/mol. The van der Waals surface area contributed by atoms with E-state index in [4.69, 9.17) is 4.74 Å². The fraction of sp³-hybridized carbons (Fsp3) is 0.533. The smallest absolute Gasteiger partial charge is 0.314 e. The van der Waals surface area contributed by atoms with Crippen LogP contribution in [0.4, 0.5) is 8.78 Å². The van der Waals surface area contributed by atoms with Gasteiger partial charge >= 0.3 is 5.97 Å². The van der Waals surface area contributed by atoms with Crippen LogP contribution in [0.2, 0.25) is 0 Å². The molecule has 0 bridgehead atoms. The molecule has 104 valence electrons. The number of benzene rings is 1. The van der Waals surface area contributed by atoms with Gasteiger partial charge in [0.15, 0.2) is 11.6 Å². The first-order chi connectivity index (χ1) is 8.99. The highest BCUT2D eigenvalue weighted by Gasteiger charge is 2.27. The summed E-state index contributed by atoms with van der Waals surface area (Å²) < 4.78 is 32.0. The van der Waals surface area contributed by atoms with E-state index in [1.165, 1.54) is 19.1 Å². The summed E-state index contributed by atoms with van der Waals surface area (Å²) >= 11 is 0. The van der Waals surface area contributed by atoms with Gasteiger partial charge in [0.2, 0.25) is 5.82 Å². The van der Waals surface area contributed by atoms with Crippen molar-refractivity contribution in [3.63, 3.8) is 0 Å². The molecule has 1 saturated carbocycles. The molecule has 1 aromatic carbocycles. The number of carbonyl (C=O) groups is 1. The average molecular weight is 268 g/mol. The number of ether oxygens (including phenoxy) is 1. The Morgan fingerprint density at radius 1 is 1.16 bits per heavy atom. The minimum atomic E-state index is -1.09. The summed E-state index contributed by atoms with van der Waals surface area (Å²) in [5, 5.41) is 0. The molecule has 0 aliphatic heterocycles. The number of rotatable bonds is 2. The zero-order valence-electron chi connectivity index (χ0n) is 11.2. The fourth-order valence-electron chi connectivity index (χ4n) is 2.39. The van der Waals surface area contributed by atoms with Gasteiger partial charge in [0.25, 0.3) is 0 Å². The van der Waals surface area contributed by atoms with Crippen molar-refractivity contribution >= 4 is 5.97 Å². The van der Waals surface area contributed by atoms with Crippen LogP contribution in [0.3, 0.4) is 0 Å². The molecule has 0 aromatic heterocycles. The van der Waals surface area contributed by atoms with Crippen molar-refractivity contribution in [3.05, 3.63) is 29.3 Å². The molecule has 4 heteroatoms. The summed E-state index contributed by atoms with van der Waals surface area (Å²) in [6, 6.07) is 2.71. The zero-order chi connectivity index (χ0) is 14.0. The van der Waals surface area contributed by atoms with Crippen LogP contribution in [0.15, 0.2) is 12.1 Å². The first kappa shape index (κ1) is 14.0. The topological polar surface area (TPSA) is 26.3 Å². The molecule has 1 fully saturated rings. The molecule has 1 aromatic rings. The standard InChI is InChI=1S/C15H18F2O2/c1-9-3-6-11(7-4-9)15(18)19-12-8-5-10(2)13(16)14(12)17/h5,8-9,11H,3-4,6-7H2,1-2H3. The Hall–Kier alpha value is -1.45.